The van der Waals surface area contributed by atoms with E-state index < -0.39 is 13.9 Å². The predicted molar refractivity (Wildman–Crippen MR) is 125 cm³/mol. The van der Waals surface area contributed by atoms with Gasteiger partial charge in [0, 0.05) is 20.2 Å². The molecule has 0 saturated heterocycles. The summed E-state index contributed by atoms with van der Waals surface area (Å²) in [5.74, 6) is -0.292. The number of nitrogens with zero attached hydrogens (tertiary/aromatic N) is 7. The van der Waals surface area contributed by atoms with E-state index in [1.165, 1.54) is 17.1 Å². The molecule has 9 nitrogen and oxygen atoms in total. The zero-order valence-electron chi connectivity index (χ0n) is 19.3. The average Bonchev–Trinajstić information content (AvgIpc) is 3.41. The summed E-state index contributed by atoms with van der Waals surface area (Å²) < 4.78 is 29.5. The summed E-state index contributed by atoms with van der Waals surface area (Å²) in [5, 5.41) is 11.0. The minimum Gasteiger partial charge on any atom is -0.486 e. The Kier molecular flexibility index (Phi) is 6.79. The van der Waals surface area contributed by atoms with Crippen LogP contribution in [0, 0.1) is 5.82 Å². The summed E-state index contributed by atoms with van der Waals surface area (Å²) in [6, 6.07) is 9.67. The second kappa shape index (κ2) is 9.75. The van der Waals surface area contributed by atoms with E-state index in [4.69, 9.17) is 9.47 Å². The van der Waals surface area contributed by atoms with Crippen LogP contribution in [0.15, 0.2) is 43.0 Å². The number of hydrogen-bond acceptors (Lipinski definition) is 7. The van der Waals surface area contributed by atoms with Crippen molar-refractivity contribution in [2.75, 3.05) is 6.61 Å². The van der Waals surface area contributed by atoms with E-state index in [-0.39, 0.29) is 11.9 Å². The number of hydrogen-bond donors (Lipinski definition) is 0. The lowest BCUT2D eigenvalue weighted by Crippen LogP contribution is -2.21. The standard InChI is InChI=1S/C22H28FN7O2Si/c1-16(12-30-14-25-27-28-30)32-21-11-17(5-6-18(21)23)19-7-8-20-22(26-19)24-13-29(20)15-31-9-10-33(2,3)4/h5-8,11,13-14,16H,9-10,12,15H2,1-4H3. The number of rotatable bonds is 10. The van der Waals surface area contributed by atoms with Crippen molar-refractivity contribution >= 4 is 19.2 Å². The molecule has 0 aliphatic carbocycles. The van der Waals surface area contributed by atoms with E-state index in [0.717, 1.165) is 23.7 Å². The number of fused-ring (bicyclic) bond motifs is 1. The Morgan fingerprint density at radius 3 is 2.73 bits per heavy atom. The van der Waals surface area contributed by atoms with Crippen molar-refractivity contribution < 1.29 is 13.9 Å². The van der Waals surface area contributed by atoms with Crippen LogP contribution in [-0.2, 0) is 18.0 Å². The summed E-state index contributed by atoms with van der Waals surface area (Å²) in [6.07, 6.45) is 2.89. The first kappa shape index (κ1) is 23.0. The fourth-order valence-electron chi connectivity index (χ4n) is 3.29. The Morgan fingerprint density at radius 2 is 1.97 bits per heavy atom. The first-order chi connectivity index (χ1) is 15.8. The van der Waals surface area contributed by atoms with Crippen LogP contribution in [0.4, 0.5) is 4.39 Å². The summed E-state index contributed by atoms with van der Waals surface area (Å²) in [7, 11) is -1.12. The Bertz CT molecular complexity index is 1210. The smallest absolute Gasteiger partial charge is 0.178 e. The largest absolute Gasteiger partial charge is 0.486 e. The van der Waals surface area contributed by atoms with Crippen LogP contribution >= 0.6 is 0 Å². The fraction of sp³-hybridized carbons (Fsp3) is 0.409. The number of ether oxygens (including phenoxy) is 2. The molecule has 0 aliphatic rings. The van der Waals surface area contributed by atoms with E-state index in [9.17, 15) is 4.39 Å². The summed E-state index contributed by atoms with van der Waals surface area (Å²) in [5.41, 5.74) is 2.93. The van der Waals surface area contributed by atoms with Crippen molar-refractivity contribution in [3.63, 3.8) is 0 Å². The Morgan fingerprint density at radius 1 is 1.12 bits per heavy atom. The van der Waals surface area contributed by atoms with Gasteiger partial charge in [0.15, 0.2) is 17.2 Å². The SMILES string of the molecule is CC(Cn1cnnn1)Oc1cc(-c2ccc3c(ncn3COCC[Si](C)(C)C)n2)ccc1F. The third-order valence-corrected chi connectivity index (χ3v) is 6.80. The maximum atomic E-state index is 14.4. The molecule has 0 fully saturated rings. The number of imidazole rings is 1. The second-order valence-electron chi connectivity index (χ2n) is 9.21. The van der Waals surface area contributed by atoms with Crippen LogP contribution in [-0.4, -0.2) is 55.5 Å². The highest BCUT2D eigenvalue weighted by atomic mass is 28.3. The van der Waals surface area contributed by atoms with Gasteiger partial charge in [0.05, 0.1) is 24.1 Å². The highest BCUT2D eigenvalue weighted by molar-refractivity contribution is 6.76. The van der Waals surface area contributed by atoms with Crippen molar-refractivity contribution in [1.82, 2.24) is 34.7 Å². The van der Waals surface area contributed by atoms with Crippen molar-refractivity contribution in [3.05, 3.63) is 48.8 Å². The van der Waals surface area contributed by atoms with E-state index in [1.54, 1.807) is 18.5 Å². The molecule has 4 rings (SSSR count). The molecule has 0 amide bonds. The van der Waals surface area contributed by atoms with Gasteiger partial charge in [-0.15, -0.1) is 5.10 Å². The normalized spacial score (nSPS) is 12.9. The first-order valence-corrected chi connectivity index (χ1v) is 14.6. The van der Waals surface area contributed by atoms with Crippen molar-refractivity contribution in [1.29, 1.82) is 0 Å². The molecule has 11 heteroatoms. The number of pyridine rings is 1. The molecule has 174 valence electrons. The fourth-order valence-corrected chi connectivity index (χ4v) is 4.04. The first-order valence-electron chi connectivity index (χ1n) is 10.9. The predicted octanol–water partition coefficient (Wildman–Crippen LogP) is 4.00. The lowest BCUT2D eigenvalue weighted by Gasteiger charge is -2.16. The van der Waals surface area contributed by atoms with Crippen molar-refractivity contribution in [2.45, 2.75) is 52.0 Å². The molecule has 1 unspecified atom stereocenters. The molecule has 3 heterocycles. The number of aromatic nitrogens is 7. The molecule has 1 aromatic carbocycles. The summed E-state index contributed by atoms with van der Waals surface area (Å²) >= 11 is 0. The molecule has 0 radical (unpaired) electrons. The van der Waals surface area contributed by atoms with E-state index >= 15 is 0 Å². The zero-order valence-corrected chi connectivity index (χ0v) is 20.3. The lowest BCUT2D eigenvalue weighted by atomic mass is 10.1. The molecule has 0 N–H and O–H groups in total. The molecule has 4 aromatic rings. The minimum absolute atomic E-state index is 0.149. The van der Waals surface area contributed by atoms with Crippen LogP contribution in [0.2, 0.25) is 25.7 Å². The highest BCUT2D eigenvalue weighted by Gasteiger charge is 2.14. The summed E-state index contributed by atoms with van der Waals surface area (Å²) in [6.45, 7) is 10.4. The van der Waals surface area contributed by atoms with Crippen LogP contribution in [0.3, 0.4) is 0 Å². The molecular weight excluding hydrogens is 441 g/mol. The van der Waals surface area contributed by atoms with E-state index in [0.29, 0.717) is 24.6 Å². The van der Waals surface area contributed by atoms with Gasteiger partial charge in [0.25, 0.3) is 0 Å². The Hall–Kier alpha value is -3.18. The Labute approximate surface area is 192 Å². The van der Waals surface area contributed by atoms with Crippen LogP contribution in [0.1, 0.15) is 6.92 Å². The van der Waals surface area contributed by atoms with Crippen molar-refractivity contribution in [3.8, 4) is 17.0 Å². The molecule has 1 atom stereocenters. The molecule has 0 saturated carbocycles. The molecule has 33 heavy (non-hydrogen) atoms. The van der Waals surface area contributed by atoms with Crippen molar-refractivity contribution in [2.24, 2.45) is 0 Å². The van der Waals surface area contributed by atoms with Crippen LogP contribution in [0.25, 0.3) is 22.4 Å². The molecule has 0 spiro atoms. The van der Waals surface area contributed by atoms with E-state index in [1.807, 2.05) is 23.6 Å². The van der Waals surface area contributed by atoms with Gasteiger partial charge in [-0.05, 0) is 53.7 Å². The molecule has 0 aliphatic heterocycles. The molecule has 0 bridgehead atoms. The topological polar surface area (TPSA) is 92.8 Å². The van der Waals surface area contributed by atoms with Crippen LogP contribution < -0.4 is 4.74 Å². The number of tetrazole rings is 1. The third kappa shape index (κ3) is 5.99. The Balaban J connectivity index is 1.46. The lowest BCUT2D eigenvalue weighted by molar-refractivity contribution is 0.0898. The maximum absolute atomic E-state index is 14.4. The zero-order chi connectivity index (χ0) is 23.4. The van der Waals surface area contributed by atoms with Gasteiger partial charge >= 0.3 is 0 Å². The summed E-state index contributed by atoms with van der Waals surface area (Å²) in [4.78, 5) is 9.07. The van der Waals surface area contributed by atoms with Gasteiger partial charge in [-0.1, -0.05) is 19.6 Å². The number of benzene rings is 1. The van der Waals surface area contributed by atoms with Gasteiger partial charge in [-0.3, -0.25) is 0 Å². The van der Waals surface area contributed by atoms with Gasteiger partial charge < -0.3 is 14.0 Å². The van der Waals surface area contributed by atoms with E-state index in [2.05, 4.69) is 45.1 Å². The average molecular weight is 470 g/mol. The van der Waals surface area contributed by atoms with Gasteiger partial charge in [-0.2, -0.15) is 0 Å². The van der Waals surface area contributed by atoms with Gasteiger partial charge in [-0.25, -0.2) is 19.0 Å². The number of halogens is 1. The second-order valence-corrected chi connectivity index (χ2v) is 14.8. The van der Waals surface area contributed by atoms with Crippen LogP contribution in [0.5, 0.6) is 5.75 Å². The molecule has 3 aromatic heterocycles. The maximum Gasteiger partial charge on any atom is 0.178 e. The van der Waals surface area contributed by atoms with Gasteiger partial charge in [0.1, 0.15) is 19.2 Å². The molecular formula is C22H28FN7O2Si. The monoisotopic (exact) mass is 469 g/mol. The minimum atomic E-state index is -1.12. The van der Waals surface area contributed by atoms with Gasteiger partial charge in [0.2, 0.25) is 0 Å². The quantitative estimate of drug-likeness (QED) is 0.256. The third-order valence-electron chi connectivity index (χ3n) is 5.10. The highest BCUT2D eigenvalue weighted by Crippen LogP contribution is 2.27.